The molecule has 1 heterocycles. The van der Waals surface area contributed by atoms with Gasteiger partial charge in [0.25, 0.3) is 5.91 Å². The number of benzene rings is 2. The van der Waals surface area contributed by atoms with Crippen molar-refractivity contribution in [2.75, 3.05) is 0 Å². The molecule has 2 aliphatic rings. The topological polar surface area (TPSA) is 83.6 Å². The third-order valence-corrected chi connectivity index (χ3v) is 7.88. The zero-order valence-corrected chi connectivity index (χ0v) is 20.6. The van der Waals surface area contributed by atoms with Gasteiger partial charge in [0.1, 0.15) is 5.82 Å². The van der Waals surface area contributed by atoms with Crippen molar-refractivity contribution in [3.05, 3.63) is 76.7 Å². The van der Waals surface area contributed by atoms with Gasteiger partial charge in [0.05, 0.1) is 17.0 Å². The minimum atomic E-state index is -5.48. The number of carbonyl (C=O) groups excluding carboxylic acids is 2. The van der Waals surface area contributed by atoms with Gasteiger partial charge in [-0.15, -0.1) is 0 Å². The third kappa shape index (κ3) is 4.34. The predicted molar refractivity (Wildman–Crippen MR) is 122 cm³/mol. The zero-order chi connectivity index (χ0) is 26.7. The van der Waals surface area contributed by atoms with Crippen molar-refractivity contribution in [3.8, 4) is 0 Å². The zero-order valence-electron chi connectivity index (χ0n) is 19.7. The Morgan fingerprint density at radius 1 is 0.972 bits per heavy atom. The Hall–Kier alpha value is -3.05. The summed E-state index contributed by atoms with van der Waals surface area (Å²) >= 11 is 0. The van der Waals surface area contributed by atoms with Crippen LogP contribution in [-0.2, 0) is 26.2 Å². The molecule has 192 valence electrons. The molecule has 6 nitrogen and oxygen atoms in total. The number of halogens is 4. The minimum Gasteiger partial charge on any atom is -0.309 e. The fourth-order valence-corrected chi connectivity index (χ4v) is 6.03. The van der Waals surface area contributed by atoms with E-state index in [1.165, 1.54) is 24.3 Å². The van der Waals surface area contributed by atoms with Gasteiger partial charge in [-0.1, -0.05) is 43.7 Å². The van der Waals surface area contributed by atoms with Crippen LogP contribution in [0.3, 0.4) is 0 Å². The second-order valence-electron chi connectivity index (χ2n) is 9.95. The van der Waals surface area contributed by atoms with Gasteiger partial charge in [-0.3, -0.25) is 9.59 Å². The molecule has 0 saturated carbocycles. The van der Waals surface area contributed by atoms with Crippen molar-refractivity contribution in [1.29, 1.82) is 0 Å². The van der Waals surface area contributed by atoms with E-state index in [9.17, 15) is 35.6 Å². The molecule has 2 aromatic carbocycles. The van der Waals surface area contributed by atoms with E-state index in [-0.39, 0.29) is 18.5 Å². The molecule has 1 amide bonds. The SMILES string of the molecule is Cc1ccc(S(=O)(=O)N[C@@]2(C(F)(F)F)C(=O)N(Cc3ccc(F)cc3)C3=C2C(=O)CC(C)(C)C3)cc1. The Bertz CT molecular complexity index is 1360. The number of nitrogens with zero attached hydrogens (tertiary/aromatic N) is 1. The number of amides is 1. The number of nitrogens with one attached hydrogen (secondary N) is 1. The number of aryl methyl sites for hydroxylation is 1. The van der Waals surface area contributed by atoms with Crippen LogP contribution in [0.25, 0.3) is 0 Å². The van der Waals surface area contributed by atoms with Crippen molar-refractivity contribution >= 4 is 21.7 Å². The summed E-state index contributed by atoms with van der Waals surface area (Å²) in [4.78, 5) is 27.1. The molecule has 0 fully saturated rings. The van der Waals surface area contributed by atoms with E-state index in [4.69, 9.17) is 0 Å². The summed E-state index contributed by atoms with van der Waals surface area (Å²) in [5, 5.41) is 0. The van der Waals surface area contributed by atoms with Gasteiger partial charge in [-0.25, -0.2) is 12.8 Å². The lowest BCUT2D eigenvalue weighted by Gasteiger charge is -2.35. The van der Waals surface area contributed by atoms with E-state index >= 15 is 0 Å². The Morgan fingerprint density at radius 2 is 1.56 bits per heavy atom. The Labute approximate surface area is 206 Å². The van der Waals surface area contributed by atoms with Crippen LogP contribution in [0.15, 0.2) is 64.7 Å². The molecule has 1 aliphatic carbocycles. The van der Waals surface area contributed by atoms with Gasteiger partial charge in [-0.05, 0) is 48.6 Å². The number of carbonyl (C=O) groups is 2. The number of sulfonamides is 1. The van der Waals surface area contributed by atoms with E-state index in [2.05, 4.69) is 0 Å². The van der Waals surface area contributed by atoms with Gasteiger partial charge in [-0.2, -0.15) is 17.9 Å². The smallest absolute Gasteiger partial charge is 0.309 e. The maximum Gasteiger partial charge on any atom is 0.421 e. The highest BCUT2D eigenvalue weighted by Crippen LogP contribution is 2.52. The number of hydrogen-bond donors (Lipinski definition) is 1. The summed E-state index contributed by atoms with van der Waals surface area (Å²) in [5.41, 5.74) is -4.66. The average molecular weight is 525 g/mol. The molecule has 0 saturated heterocycles. The monoisotopic (exact) mass is 524 g/mol. The number of hydrogen-bond acceptors (Lipinski definition) is 4. The van der Waals surface area contributed by atoms with Crippen LogP contribution >= 0.6 is 0 Å². The second kappa shape index (κ2) is 8.52. The summed E-state index contributed by atoms with van der Waals surface area (Å²) in [6, 6.07) is 9.87. The van der Waals surface area contributed by atoms with Gasteiger partial charge < -0.3 is 4.90 Å². The molecule has 1 atom stereocenters. The first-order chi connectivity index (χ1) is 16.6. The first-order valence-corrected chi connectivity index (χ1v) is 12.6. The molecule has 0 aromatic heterocycles. The Balaban J connectivity index is 1.91. The van der Waals surface area contributed by atoms with Crippen LogP contribution in [-0.4, -0.2) is 36.7 Å². The molecule has 1 N–H and O–H groups in total. The lowest BCUT2D eigenvalue weighted by Crippen LogP contribution is -2.66. The molecule has 4 rings (SSSR count). The van der Waals surface area contributed by atoms with Crippen molar-refractivity contribution in [3.63, 3.8) is 0 Å². The normalized spacial score (nSPS) is 22.2. The summed E-state index contributed by atoms with van der Waals surface area (Å²) in [5.74, 6) is -3.15. The molecular formula is C25H24F4N2O4S. The van der Waals surface area contributed by atoms with Gasteiger partial charge >= 0.3 is 6.18 Å². The minimum absolute atomic E-state index is 0.0644. The van der Waals surface area contributed by atoms with Crippen LogP contribution in [0, 0.1) is 18.2 Å². The largest absolute Gasteiger partial charge is 0.421 e. The fourth-order valence-electron chi connectivity index (χ4n) is 4.71. The molecule has 11 heteroatoms. The van der Waals surface area contributed by atoms with E-state index in [1.54, 1.807) is 25.5 Å². The maximum absolute atomic E-state index is 14.9. The molecular weight excluding hydrogens is 500 g/mol. The van der Waals surface area contributed by atoms with Crippen LogP contribution in [0.5, 0.6) is 0 Å². The van der Waals surface area contributed by atoms with Gasteiger partial charge in [0, 0.05) is 12.1 Å². The van der Waals surface area contributed by atoms with Crippen LogP contribution in [0.4, 0.5) is 17.6 Å². The van der Waals surface area contributed by atoms with E-state index in [1.807, 2.05) is 0 Å². The highest BCUT2D eigenvalue weighted by atomic mass is 32.2. The predicted octanol–water partition coefficient (Wildman–Crippen LogP) is 4.40. The summed E-state index contributed by atoms with van der Waals surface area (Å²) < 4.78 is 85.9. The fraction of sp³-hybridized carbons (Fsp3) is 0.360. The van der Waals surface area contributed by atoms with Crippen molar-refractivity contribution in [2.45, 2.75) is 56.8 Å². The van der Waals surface area contributed by atoms with Crippen LogP contribution in [0.2, 0.25) is 0 Å². The standard InChI is InChI=1S/C25H24F4N2O4S/c1-15-4-10-18(11-5-15)36(34,35)30-24(25(27,28)29)21-19(12-23(2,3)13-20(21)32)31(22(24)33)14-16-6-8-17(26)9-7-16/h4-11,30H,12-14H2,1-3H3/t24-/m1/s1. The summed E-state index contributed by atoms with van der Waals surface area (Å²) in [6.45, 7) is 4.64. The molecule has 0 spiro atoms. The number of alkyl halides is 3. The first-order valence-electron chi connectivity index (χ1n) is 11.1. The highest BCUT2D eigenvalue weighted by Gasteiger charge is 2.72. The molecule has 0 radical (unpaired) electrons. The van der Waals surface area contributed by atoms with Crippen LogP contribution < -0.4 is 4.72 Å². The quantitative estimate of drug-likeness (QED) is 0.588. The van der Waals surface area contributed by atoms with Gasteiger partial charge in [0.15, 0.2) is 5.78 Å². The Kier molecular flexibility index (Phi) is 6.16. The lowest BCUT2D eigenvalue weighted by atomic mass is 9.72. The number of allylic oxidation sites excluding steroid dienone is 1. The number of rotatable bonds is 5. The van der Waals surface area contributed by atoms with Crippen LogP contribution in [0.1, 0.15) is 37.8 Å². The third-order valence-electron chi connectivity index (χ3n) is 6.42. The highest BCUT2D eigenvalue weighted by molar-refractivity contribution is 7.89. The molecule has 0 bridgehead atoms. The molecule has 36 heavy (non-hydrogen) atoms. The number of ketones is 1. The van der Waals surface area contributed by atoms with Crippen molar-refractivity contribution in [1.82, 2.24) is 9.62 Å². The first kappa shape index (κ1) is 26.0. The molecule has 2 aromatic rings. The number of Topliss-reactive ketones (excluding diaryl/α,β-unsaturated/α-hetero) is 1. The second-order valence-corrected chi connectivity index (χ2v) is 11.6. The van der Waals surface area contributed by atoms with Crippen molar-refractivity contribution < 1.29 is 35.6 Å². The molecule has 1 aliphatic heterocycles. The van der Waals surface area contributed by atoms with E-state index < -0.39 is 61.7 Å². The summed E-state index contributed by atoms with van der Waals surface area (Å²) in [6.07, 6.45) is -5.84. The van der Waals surface area contributed by atoms with E-state index in [0.29, 0.717) is 11.1 Å². The Morgan fingerprint density at radius 3 is 2.11 bits per heavy atom. The average Bonchev–Trinajstić information content (AvgIpc) is 2.97. The molecule has 0 unspecified atom stereocenters. The maximum atomic E-state index is 14.9. The van der Waals surface area contributed by atoms with Gasteiger partial charge in [0.2, 0.25) is 15.6 Å². The summed E-state index contributed by atoms with van der Waals surface area (Å²) in [7, 11) is -4.89. The lowest BCUT2D eigenvalue weighted by molar-refractivity contribution is -0.189. The van der Waals surface area contributed by atoms with E-state index in [0.717, 1.165) is 29.2 Å². The van der Waals surface area contributed by atoms with Crippen molar-refractivity contribution in [2.24, 2.45) is 5.41 Å².